The summed E-state index contributed by atoms with van der Waals surface area (Å²) in [7, 11) is 0.532. The molecule has 1 aliphatic heterocycles. The molecule has 0 aromatic heterocycles. The van der Waals surface area contributed by atoms with Gasteiger partial charge in [-0.1, -0.05) is 13.2 Å². The highest BCUT2D eigenvalue weighted by Gasteiger charge is 2.21. The number of hydrogen-bond acceptors (Lipinski definition) is 2. The third kappa shape index (κ3) is 1.10. The van der Waals surface area contributed by atoms with Crippen molar-refractivity contribution in [3.05, 3.63) is 12.2 Å². The first kappa shape index (κ1) is 7.06. The van der Waals surface area contributed by atoms with Gasteiger partial charge in [0.25, 0.3) is 0 Å². The number of carbonyl (C=O) groups is 2. The Morgan fingerprint density at radius 1 is 1.40 bits per heavy atom. The van der Waals surface area contributed by atoms with Crippen molar-refractivity contribution in [2.24, 2.45) is 0 Å². The van der Waals surface area contributed by atoms with Crippen molar-refractivity contribution in [1.29, 1.82) is 0 Å². The van der Waals surface area contributed by atoms with Crippen LogP contribution in [0.4, 0.5) is 0 Å². The summed E-state index contributed by atoms with van der Waals surface area (Å²) in [6.45, 7) is 1.93. The van der Waals surface area contributed by atoms with Crippen LogP contribution in [0.2, 0.25) is 6.32 Å². The molecule has 1 aliphatic rings. The van der Waals surface area contributed by atoms with Gasteiger partial charge < -0.3 is 4.81 Å². The maximum atomic E-state index is 10.8. The quantitative estimate of drug-likeness (QED) is 0.387. The van der Waals surface area contributed by atoms with Gasteiger partial charge in [-0.05, 0) is 0 Å². The molecule has 0 N–H and O–H groups in total. The van der Waals surface area contributed by atoms with Gasteiger partial charge in [-0.2, -0.15) is 0 Å². The Kier molecular flexibility index (Phi) is 1.90. The molecule has 0 atom stereocenters. The summed E-state index contributed by atoms with van der Waals surface area (Å²) in [4.78, 5) is 22.8. The molecule has 2 amide bonds. The third-order valence-corrected chi connectivity index (χ3v) is 1.35. The highest BCUT2D eigenvalue weighted by Crippen LogP contribution is 2.01. The Morgan fingerprint density at radius 3 is 2.30 bits per heavy atom. The Balaban J connectivity index is 2.60. The first-order chi connectivity index (χ1) is 4.75. The molecular formula is C6H8BNO2. The minimum Gasteiger partial charge on any atom is -0.326 e. The van der Waals surface area contributed by atoms with E-state index in [2.05, 4.69) is 0 Å². The Bertz CT molecular complexity index is 182. The van der Waals surface area contributed by atoms with E-state index in [0.29, 0.717) is 7.41 Å². The molecule has 0 aliphatic carbocycles. The lowest BCUT2D eigenvalue weighted by molar-refractivity contribution is -0.131. The van der Waals surface area contributed by atoms with Gasteiger partial charge >= 0.3 is 0 Å². The lowest BCUT2D eigenvalue weighted by Crippen LogP contribution is -2.32. The topological polar surface area (TPSA) is 37.4 Å². The van der Waals surface area contributed by atoms with Gasteiger partial charge in [0, 0.05) is 12.2 Å². The van der Waals surface area contributed by atoms with Gasteiger partial charge in [-0.25, -0.2) is 0 Å². The van der Waals surface area contributed by atoms with Crippen LogP contribution in [-0.2, 0) is 9.59 Å². The van der Waals surface area contributed by atoms with Crippen LogP contribution in [0.5, 0.6) is 0 Å². The molecule has 0 aromatic rings. The summed E-state index contributed by atoms with van der Waals surface area (Å²) in [6, 6.07) is 0. The molecular weight excluding hydrogens is 129 g/mol. The van der Waals surface area contributed by atoms with E-state index < -0.39 is 0 Å². The molecule has 0 saturated carbocycles. The molecule has 1 heterocycles. The standard InChI is InChI=1S/C6H8BNO2/c1-2-7-8-5(9)3-4-6(8)10/h3-4,7H,2H2,1H3. The van der Waals surface area contributed by atoms with Crippen molar-refractivity contribution in [2.75, 3.05) is 0 Å². The fourth-order valence-electron chi connectivity index (χ4n) is 0.875. The zero-order valence-electron chi connectivity index (χ0n) is 5.83. The van der Waals surface area contributed by atoms with E-state index in [1.807, 2.05) is 6.92 Å². The lowest BCUT2D eigenvalue weighted by Gasteiger charge is -2.09. The molecule has 0 unspecified atom stereocenters. The largest absolute Gasteiger partial charge is 0.326 e. The number of imide groups is 1. The van der Waals surface area contributed by atoms with Gasteiger partial charge in [0.1, 0.15) is 0 Å². The summed E-state index contributed by atoms with van der Waals surface area (Å²) >= 11 is 0. The average Bonchev–Trinajstić information content (AvgIpc) is 2.20. The van der Waals surface area contributed by atoms with Crippen LogP contribution in [-0.4, -0.2) is 24.0 Å². The van der Waals surface area contributed by atoms with Gasteiger partial charge in [-0.3, -0.25) is 9.59 Å². The van der Waals surface area contributed by atoms with Crippen molar-refractivity contribution in [3.63, 3.8) is 0 Å². The summed E-state index contributed by atoms with van der Waals surface area (Å²) < 4.78 is 0. The fourth-order valence-corrected chi connectivity index (χ4v) is 0.875. The molecule has 1 rings (SSSR count). The molecule has 0 bridgehead atoms. The van der Waals surface area contributed by atoms with Crippen molar-refractivity contribution < 1.29 is 9.59 Å². The lowest BCUT2D eigenvalue weighted by atomic mass is 9.88. The van der Waals surface area contributed by atoms with Crippen molar-refractivity contribution >= 4 is 19.2 Å². The SMILES string of the molecule is CCBN1C(=O)C=CC1=O. The van der Waals surface area contributed by atoms with Crippen LogP contribution in [0.25, 0.3) is 0 Å². The predicted molar refractivity (Wildman–Crippen MR) is 38.6 cm³/mol. The first-order valence-electron chi connectivity index (χ1n) is 3.29. The van der Waals surface area contributed by atoms with Crippen molar-refractivity contribution in [1.82, 2.24) is 4.81 Å². The second-order valence-electron chi connectivity index (χ2n) is 2.16. The maximum absolute atomic E-state index is 10.8. The zero-order valence-corrected chi connectivity index (χ0v) is 5.83. The second-order valence-corrected chi connectivity index (χ2v) is 2.16. The van der Waals surface area contributed by atoms with E-state index in [4.69, 9.17) is 0 Å². The predicted octanol–water partition coefficient (Wildman–Crippen LogP) is -0.299. The van der Waals surface area contributed by atoms with E-state index in [-0.39, 0.29) is 11.8 Å². The summed E-state index contributed by atoms with van der Waals surface area (Å²) in [5.41, 5.74) is 0. The molecule has 0 saturated heterocycles. The normalized spacial score (nSPS) is 16.7. The summed E-state index contributed by atoms with van der Waals surface area (Å²) in [5.74, 6) is -0.376. The van der Waals surface area contributed by atoms with Crippen LogP contribution < -0.4 is 0 Å². The highest BCUT2D eigenvalue weighted by atomic mass is 16.2. The van der Waals surface area contributed by atoms with Gasteiger partial charge in [0.2, 0.25) is 19.2 Å². The molecule has 4 heteroatoms. The third-order valence-electron chi connectivity index (χ3n) is 1.35. The fraction of sp³-hybridized carbons (Fsp3) is 0.333. The zero-order chi connectivity index (χ0) is 7.56. The first-order valence-corrected chi connectivity index (χ1v) is 3.29. The summed E-state index contributed by atoms with van der Waals surface area (Å²) in [6.07, 6.45) is 3.43. The molecule has 10 heavy (non-hydrogen) atoms. The van der Waals surface area contributed by atoms with E-state index in [9.17, 15) is 9.59 Å². The molecule has 52 valence electrons. The number of nitrogens with zero attached hydrogens (tertiary/aromatic N) is 1. The Hall–Kier alpha value is -1.06. The second kappa shape index (κ2) is 2.69. The van der Waals surface area contributed by atoms with Gasteiger partial charge in [-0.15, -0.1) is 0 Å². The van der Waals surface area contributed by atoms with E-state index in [1.165, 1.54) is 17.0 Å². The van der Waals surface area contributed by atoms with Crippen LogP contribution in [0.15, 0.2) is 12.2 Å². The number of hydrogen-bond donors (Lipinski definition) is 0. The van der Waals surface area contributed by atoms with Gasteiger partial charge in [0.05, 0.1) is 0 Å². The maximum Gasteiger partial charge on any atom is 0.250 e. The summed E-state index contributed by atoms with van der Waals surface area (Å²) in [5, 5.41) is 0. The van der Waals surface area contributed by atoms with Crippen LogP contribution >= 0.6 is 0 Å². The molecule has 0 fully saturated rings. The van der Waals surface area contributed by atoms with Crippen molar-refractivity contribution in [2.45, 2.75) is 13.2 Å². The van der Waals surface area contributed by atoms with Crippen molar-refractivity contribution in [3.8, 4) is 0 Å². The Labute approximate surface area is 60.0 Å². The number of carbonyl (C=O) groups excluding carboxylic acids is 2. The number of rotatable bonds is 2. The van der Waals surface area contributed by atoms with E-state index in [0.717, 1.165) is 6.32 Å². The minimum absolute atomic E-state index is 0.188. The Morgan fingerprint density at radius 2 is 1.90 bits per heavy atom. The van der Waals surface area contributed by atoms with E-state index in [1.54, 1.807) is 0 Å². The van der Waals surface area contributed by atoms with Crippen LogP contribution in [0.3, 0.4) is 0 Å². The molecule has 0 aromatic carbocycles. The van der Waals surface area contributed by atoms with E-state index >= 15 is 0 Å². The monoisotopic (exact) mass is 137 g/mol. The smallest absolute Gasteiger partial charge is 0.250 e. The van der Waals surface area contributed by atoms with Crippen LogP contribution in [0, 0.1) is 0 Å². The molecule has 0 radical (unpaired) electrons. The molecule has 3 nitrogen and oxygen atoms in total. The molecule has 0 spiro atoms. The van der Waals surface area contributed by atoms with Crippen LogP contribution in [0.1, 0.15) is 6.92 Å². The average molecular weight is 137 g/mol. The minimum atomic E-state index is -0.188. The highest BCUT2D eigenvalue weighted by molar-refractivity contribution is 6.45. The van der Waals surface area contributed by atoms with Gasteiger partial charge in [0.15, 0.2) is 0 Å². The number of amides is 2.